The Hall–Kier alpha value is -2.97. The maximum atomic E-state index is 12.2. The van der Waals surface area contributed by atoms with Crippen LogP contribution >= 0.6 is 23.1 Å². The van der Waals surface area contributed by atoms with Crippen molar-refractivity contribution in [2.75, 3.05) is 4.90 Å². The molecule has 2 aromatic heterocycles. The van der Waals surface area contributed by atoms with Crippen molar-refractivity contribution in [3.63, 3.8) is 0 Å². The Bertz CT molecular complexity index is 1170. The molecule has 30 heavy (non-hydrogen) atoms. The lowest BCUT2D eigenvalue weighted by Gasteiger charge is -2.17. The van der Waals surface area contributed by atoms with Crippen molar-refractivity contribution >= 4 is 39.8 Å². The minimum absolute atomic E-state index is 0.0640. The average Bonchev–Trinajstić information content (AvgIpc) is 3.34. The summed E-state index contributed by atoms with van der Waals surface area (Å²) in [5.74, 6) is 1.43. The van der Waals surface area contributed by atoms with E-state index in [-0.39, 0.29) is 5.91 Å². The van der Waals surface area contributed by atoms with Crippen LogP contribution in [0.3, 0.4) is 0 Å². The van der Waals surface area contributed by atoms with Crippen LogP contribution in [0.1, 0.15) is 18.2 Å². The van der Waals surface area contributed by atoms with Gasteiger partial charge in [-0.05, 0) is 24.6 Å². The summed E-state index contributed by atoms with van der Waals surface area (Å²) in [5.41, 5.74) is 3.96. The van der Waals surface area contributed by atoms with Crippen LogP contribution in [0, 0.1) is 6.92 Å². The number of carbonyl (C=O) groups is 1. The molecule has 0 spiro atoms. The second-order valence-electron chi connectivity index (χ2n) is 6.78. The van der Waals surface area contributed by atoms with Gasteiger partial charge in [0, 0.05) is 30.7 Å². The third-order valence-corrected chi connectivity index (χ3v) is 6.56. The molecule has 0 fully saturated rings. The molecule has 0 aliphatic rings. The minimum atomic E-state index is -0.0640. The molecule has 2 aromatic carbocycles. The van der Waals surface area contributed by atoms with Crippen molar-refractivity contribution in [2.24, 2.45) is 7.05 Å². The minimum Gasteiger partial charge on any atom is -0.305 e. The van der Waals surface area contributed by atoms with Crippen LogP contribution in [0.2, 0.25) is 0 Å². The summed E-state index contributed by atoms with van der Waals surface area (Å²) in [5, 5.41) is 12.2. The fourth-order valence-electron chi connectivity index (χ4n) is 3.11. The molecule has 0 aliphatic heterocycles. The van der Waals surface area contributed by atoms with E-state index in [9.17, 15) is 4.79 Å². The first-order chi connectivity index (χ1) is 14.5. The maximum absolute atomic E-state index is 12.2. The molecule has 0 unspecified atom stereocenters. The molecule has 2 heterocycles. The Morgan fingerprint density at radius 2 is 1.83 bits per heavy atom. The molecule has 0 N–H and O–H groups in total. The number of carbonyl (C=O) groups excluding carboxylic acids is 1. The van der Waals surface area contributed by atoms with Gasteiger partial charge in [-0.1, -0.05) is 54.2 Å². The number of thiazole rings is 1. The standard InChI is InChI=1S/C22H21N5OS2/c1-15-9-7-8-12-19(15)20-24-25-22(26(20)3)30-14-17-13-29-21(23-17)27(16(2)28)18-10-5-4-6-11-18/h4-13H,14H2,1-3H3. The van der Waals surface area contributed by atoms with Crippen molar-refractivity contribution in [3.8, 4) is 11.4 Å². The molecule has 152 valence electrons. The van der Waals surface area contributed by atoms with Crippen LogP contribution in [0.5, 0.6) is 0 Å². The SMILES string of the molecule is CC(=O)N(c1ccccc1)c1nc(CSc2nnc(-c3ccccc3C)n2C)cs1. The van der Waals surface area contributed by atoms with Gasteiger partial charge in [0.1, 0.15) is 0 Å². The number of hydrogen-bond donors (Lipinski definition) is 0. The Morgan fingerprint density at radius 1 is 1.10 bits per heavy atom. The van der Waals surface area contributed by atoms with Crippen LogP contribution in [-0.2, 0) is 17.6 Å². The molecule has 4 rings (SSSR count). The van der Waals surface area contributed by atoms with Crippen LogP contribution in [0.4, 0.5) is 10.8 Å². The smallest absolute Gasteiger partial charge is 0.230 e. The average molecular weight is 436 g/mol. The van der Waals surface area contributed by atoms with Crippen LogP contribution < -0.4 is 4.90 Å². The number of nitrogens with zero attached hydrogens (tertiary/aromatic N) is 5. The van der Waals surface area contributed by atoms with Gasteiger partial charge in [0.25, 0.3) is 0 Å². The summed E-state index contributed by atoms with van der Waals surface area (Å²) in [7, 11) is 1.98. The molecule has 8 heteroatoms. The quantitative estimate of drug-likeness (QED) is 0.388. The van der Waals surface area contributed by atoms with Gasteiger partial charge in [0.15, 0.2) is 16.1 Å². The van der Waals surface area contributed by atoms with Crippen molar-refractivity contribution < 1.29 is 4.79 Å². The molecule has 1 amide bonds. The highest BCUT2D eigenvalue weighted by atomic mass is 32.2. The number of hydrogen-bond acceptors (Lipinski definition) is 6. The third kappa shape index (κ3) is 4.15. The van der Waals surface area contributed by atoms with E-state index < -0.39 is 0 Å². The molecule has 0 bridgehead atoms. The number of para-hydroxylation sites is 1. The number of rotatable bonds is 6. The Morgan fingerprint density at radius 3 is 2.57 bits per heavy atom. The highest BCUT2D eigenvalue weighted by molar-refractivity contribution is 7.98. The highest BCUT2D eigenvalue weighted by Gasteiger charge is 2.18. The number of aryl methyl sites for hydroxylation is 1. The first kappa shape index (κ1) is 20.3. The van der Waals surface area contributed by atoms with Crippen molar-refractivity contribution in [2.45, 2.75) is 24.8 Å². The van der Waals surface area contributed by atoms with Crippen molar-refractivity contribution in [1.82, 2.24) is 19.7 Å². The summed E-state index contributed by atoms with van der Waals surface area (Å²) >= 11 is 3.04. The van der Waals surface area contributed by atoms with Crippen molar-refractivity contribution in [3.05, 3.63) is 71.2 Å². The van der Waals surface area contributed by atoms with Gasteiger partial charge in [-0.25, -0.2) is 4.98 Å². The largest absolute Gasteiger partial charge is 0.305 e. The summed E-state index contributed by atoms with van der Waals surface area (Å²) in [4.78, 5) is 18.5. The van der Waals surface area contributed by atoms with Gasteiger partial charge in [0.2, 0.25) is 5.91 Å². The lowest BCUT2D eigenvalue weighted by atomic mass is 10.1. The molecule has 4 aromatic rings. The van der Waals surface area contributed by atoms with Gasteiger partial charge in [-0.15, -0.1) is 21.5 Å². The second kappa shape index (κ2) is 8.81. The van der Waals surface area contributed by atoms with E-state index in [2.05, 4.69) is 34.2 Å². The lowest BCUT2D eigenvalue weighted by molar-refractivity contribution is -0.115. The molecule has 0 saturated carbocycles. The van der Waals surface area contributed by atoms with E-state index >= 15 is 0 Å². The lowest BCUT2D eigenvalue weighted by Crippen LogP contribution is -2.22. The topological polar surface area (TPSA) is 63.9 Å². The van der Waals surface area contributed by atoms with Crippen LogP contribution in [0.15, 0.2) is 65.1 Å². The van der Waals surface area contributed by atoms with E-state index in [1.165, 1.54) is 16.9 Å². The number of amides is 1. The number of anilines is 2. The first-order valence-electron chi connectivity index (χ1n) is 9.43. The summed E-state index contributed by atoms with van der Waals surface area (Å²) in [6.45, 7) is 3.62. The van der Waals surface area contributed by atoms with E-state index in [1.807, 2.05) is 59.5 Å². The third-order valence-electron chi connectivity index (χ3n) is 4.63. The van der Waals surface area contributed by atoms with E-state index in [0.29, 0.717) is 10.9 Å². The Kier molecular flexibility index (Phi) is 5.96. The number of benzene rings is 2. The zero-order chi connectivity index (χ0) is 21.1. The van der Waals surface area contributed by atoms with Crippen molar-refractivity contribution in [1.29, 1.82) is 0 Å². The van der Waals surface area contributed by atoms with E-state index in [4.69, 9.17) is 0 Å². The van der Waals surface area contributed by atoms with Crippen LogP contribution in [0.25, 0.3) is 11.4 Å². The molecular formula is C22H21N5OS2. The molecule has 6 nitrogen and oxygen atoms in total. The molecule has 0 aliphatic carbocycles. The molecule has 0 radical (unpaired) electrons. The molecular weight excluding hydrogens is 414 g/mol. The molecule has 0 saturated heterocycles. The first-order valence-corrected chi connectivity index (χ1v) is 11.3. The Labute approximate surface area is 183 Å². The maximum Gasteiger partial charge on any atom is 0.230 e. The Balaban J connectivity index is 1.50. The zero-order valence-corrected chi connectivity index (χ0v) is 18.6. The summed E-state index contributed by atoms with van der Waals surface area (Å²) < 4.78 is 2.01. The fourth-order valence-corrected chi connectivity index (χ4v) is 4.90. The summed E-state index contributed by atoms with van der Waals surface area (Å²) in [6.07, 6.45) is 0. The number of thioether (sulfide) groups is 1. The predicted octanol–water partition coefficient (Wildman–Crippen LogP) is 5.22. The fraction of sp³-hybridized carbons (Fsp3) is 0.182. The van der Waals surface area contributed by atoms with Gasteiger partial charge >= 0.3 is 0 Å². The highest BCUT2D eigenvalue weighted by Crippen LogP contribution is 2.31. The van der Waals surface area contributed by atoms with Gasteiger partial charge < -0.3 is 4.57 Å². The molecule has 0 atom stereocenters. The van der Waals surface area contributed by atoms with Crippen LogP contribution in [-0.4, -0.2) is 25.7 Å². The second-order valence-corrected chi connectivity index (χ2v) is 8.56. The predicted molar refractivity (Wildman–Crippen MR) is 122 cm³/mol. The summed E-state index contributed by atoms with van der Waals surface area (Å²) in [6, 6.07) is 17.7. The van der Waals surface area contributed by atoms with Gasteiger partial charge in [-0.3, -0.25) is 9.69 Å². The van der Waals surface area contributed by atoms with E-state index in [0.717, 1.165) is 27.9 Å². The zero-order valence-electron chi connectivity index (χ0n) is 16.9. The van der Waals surface area contributed by atoms with Gasteiger partial charge in [-0.2, -0.15) is 0 Å². The van der Waals surface area contributed by atoms with E-state index in [1.54, 1.807) is 23.6 Å². The normalized spacial score (nSPS) is 10.9. The van der Waals surface area contributed by atoms with Gasteiger partial charge in [0.05, 0.1) is 11.4 Å². The number of aromatic nitrogens is 4. The monoisotopic (exact) mass is 435 g/mol.